The Kier molecular flexibility index (Phi) is 5.42. The molecule has 0 radical (unpaired) electrons. The topological polar surface area (TPSA) is 84.9 Å². The number of halogens is 1. The highest BCUT2D eigenvalue weighted by molar-refractivity contribution is 9.10. The number of carboxylic acids is 1. The molecule has 3 atom stereocenters. The van der Waals surface area contributed by atoms with E-state index < -0.39 is 18.2 Å². The molecular weight excluding hydrogens is 354 g/mol. The third-order valence-corrected chi connectivity index (χ3v) is 4.24. The van der Waals surface area contributed by atoms with Gasteiger partial charge in [0, 0.05) is 0 Å². The fraction of sp³-hybridized carbons (Fsp3) is 0.467. The van der Waals surface area contributed by atoms with Crippen molar-refractivity contribution in [3.63, 3.8) is 0 Å². The van der Waals surface area contributed by atoms with Gasteiger partial charge in [0.05, 0.1) is 17.6 Å². The Hall–Kier alpha value is -1.60. The molecule has 1 unspecified atom stereocenters. The quantitative estimate of drug-likeness (QED) is 0.829. The van der Waals surface area contributed by atoms with Crippen molar-refractivity contribution in [2.24, 2.45) is 0 Å². The first-order valence-electron chi connectivity index (χ1n) is 6.94. The summed E-state index contributed by atoms with van der Waals surface area (Å²) >= 11 is 3.40. The lowest BCUT2D eigenvalue weighted by atomic mass is 10.1. The van der Waals surface area contributed by atoms with Gasteiger partial charge in [0.1, 0.15) is 11.9 Å². The fourth-order valence-electron chi connectivity index (χ4n) is 2.35. The minimum Gasteiger partial charge on any atom is -0.496 e. The van der Waals surface area contributed by atoms with Gasteiger partial charge < -0.3 is 19.9 Å². The number of benzene rings is 1. The Bertz CT molecular complexity index is 577. The Morgan fingerprint density at radius 3 is 2.64 bits per heavy atom. The number of carboxylic acid groups (broad SMARTS) is 1. The van der Waals surface area contributed by atoms with E-state index in [0.717, 1.165) is 10.0 Å². The largest absolute Gasteiger partial charge is 0.496 e. The summed E-state index contributed by atoms with van der Waals surface area (Å²) in [6.07, 6.45) is -0.816. The summed E-state index contributed by atoms with van der Waals surface area (Å²) in [5.41, 5.74) is 0.911. The molecule has 1 aromatic carbocycles. The molecule has 0 bridgehead atoms. The molecular formula is C15H18BrNO5. The van der Waals surface area contributed by atoms with Crippen LogP contribution in [0.2, 0.25) is 0 Å². The van der Waals surface area contributed by atoms with Crippen molar-refractivity contribution in [1.82, 2.24) is 5.32 Å². The summed E-state index contributed by atoms with van der Waals surface area (Å²) in [5, 5.41) is 11.7. The van der Waals surface area contributed by atoms with E-state index in [2.05, 4.69) is 21.2 Å². The van der Waals surface area contributed by atoms with Crippen LogP contribution in [-0.2, 0) is 14.3 Å². The number of rotatable bonds is 5. The van der Waals surface area contributed by atoms with Crippen molar-refractivity contribution in [3.05, 3.63) is 28.2 Å². The van der Waals surface area contributed by atoms with Crippen molar-refractivity contribution in [2.75, 3.05) is 7.11 Å². The number of nitrogens with one attached hydrogen (secondary N) is 1. The minimum atomic E-state index is -1.03. The van der Waals surface area contributed by atoms with Crippen molar-refractivity contribution in [1.29, 1.82) is 0 Å². The first-order valence-corrected chi connectivity index (χ1v) is 7.73. The summed E-state index contributed by atoms with van der Waals surface area (Å²) in [7, 11) is 1.58. The number of hydrogen-bond donors (Lipinski definition) is 2. The Balaban J connectivity index is 1.97. The second-order valence-electron chi connectivity index (χ2n) is 5.15. The highest BCUT2D eigenvalue weighted by atomic mass is 79.9. The maximum Gasteiger partial charge on any atom is 0.332 e. The van der Waals surface area contributed by atoms with Gasteiger partial charge in [-0.15, -0.1) is 0 Å². The van der Waals surface area contributed by atoms with E-state index in [0.29, 0.717) is 18.6 Å². The molecule has 1 fully saturated rings. The van der Waals surface area contributed by atoms with Crippen LogP contribution in [0.5, 0.6) is 5.75 Å². The summed E-state index contributed by atoms with van der Waals surface area (Å²) in [5.74, 6) is -0.601. The zero-order valence-corrected chi connectivity index (χ0v) is 13.9. The average Bonchev–Trinajstić information content (AvgIpc) is 2.97. The van der Waals surface area contributed by atoms with E-state index in [9.17, 15) is 9.59 Å². The average molecular weight is 372 g/mol. The van der Waals surface area contributed by atoms with Gasteiger partial charge in [-0.3, -0.25) is 4.79 Å². The number of hydrogen-bond acceptors (Lipinski definition) is 4. The number of ether oxygens (including phenoxy) is 2. The van der Waals surface area contributed by atoms with Crippen LogP contribution in [0.4, 0.5) is 0 Å². The van der Waals surface area contributed by atoms with E-state index in [1.807, 2.05) is 25.1 Å². The summed E-state index contributed by atoms with van der Waals surface area (Å²) < 4.78 is 11.2. The molecule has 2 N–H and O–H groups in total. The van der Waals surface area contributed by atoms with E-state index in [-0.39, 0.29) is 11.9 Å². The lowest BCUT2D eigenvalue weighted by Crippen LogP contribution is -2.37. The van der Waals surface area contributed by atoms with E-state index in [4.69, 9.17) is 14.6 Å². The second kappa shape index (κ2) is 7.11. The molecule has 1 heterocycles. The van der Waals surface area contributed by atoms with Crippen molar-refractivity contribution in [2.45, 2.75) is 38.0 Å². The first-order chi connectivity index (χ1) is 10.4. The van der Waals surface area contributed by atoms with Gasteiger partial charge in [-0.25, -0.2) is 4.79 Å². The van der Waals surface area contributed by atoms with Crippen LogP contribution in [0.3, 0.4) is 0 Å². The van der Waals surface area contributed by atoms with Crippen molar-refractivity contribution < 1.29 is 24.2 Å². The van der Waals surface area contributed by atoms with Crippen LogP contribution >= 0.6 is 15.9 Å². The predicted octanol–water partition coefficient (Wildman–Crippen LogP) is 2.27. The van der Waals surface area contributed by atoms with E-state index >= 15 is 0 Å². The maximum atomic E-state index is 12.1. The molecule has 0 saturated carbocycles. The molecule has 1 aliphatic rings. The standard InChI is InChI=1S/C15H18BrNO5/c1-8(9-3-4-11(21-2)10(16)7-9)17-14(18)12-5-6-13(22-12)15(19)20/h3-4,7-8,12-13H,5-6H2,1-2H3,(H,17,18)(H,19,20)/t8?,12-,13+/m0/s1. The molecule has 1 saturated heterocycles. The molecule has 0 aromatic heterocycles. The number of aliphatic carboxylic acids is 1. The van der Waals surface area contributed by atoms with Crippen LogP contribution in [0.25, 0.3) is 0 Å². The van der Waals surface area contributed by atoms with Gasteiger partial charge in [0.25, 0.3) is 0 Å². The van der Waals surface area contributed by atoms with E-state index in [1.54, 1.807) is 7.11 Å². The number of methoxy groups -OCH3 is 1. The third-order valence-electron chi connectivity index (χ3n) is 3.62. The van der Waals surface area contributed by atoms with Crippen LogP contribution in [0, 0.1) is 0 Å². The van der Waals surface area contributed by atoms with Gasteiger partial charge in [-0.2, -0.15) is 0 Å². The van der Waals surface area contributed by atoms with E-state index in [1.165, 1.54) is 0 Å². The minimum absolute atomic E-state index is 0.220. The molecule has 0 aliphatic carbocycles. The first kappa shape index (κ1) is 16.8. The molecule has 22 heavy (non-hydrogen) atoms. The Morgan fingerprint density at radius 1 is 1.41 bits per heavy atom. The maximum absolute atomic E-state index is 12.1. The lowest BCUT2D eigenvalue weighted by molar-refractivity contribution is -0.151. The second-order valence-corrected chi connectivity index (χ2v) is 6.01. The van der Waals surface area contributed by atoms with Crippen LogP contribution in [0.1, 0.15) is 31.4 Å². The van der Waals surface area contributed by atoms with Gasteiger partial charge in [-0.05, 0) is 53.4 Å². The molecule has 2 rings (SSSR count). The highest BCUT2D eigenvalue weighted by Crippen LogP contribution is 2.28. The van der Waals surface area contributed by atoms with Crippen molar-refractivity contribution in [3.8, 4) is 5.75 Å². The zero-order valence-electron chi connectivity index (χ0n) is 12.3. The molecule has 0 spiro atoms. The third kappa shape index (κ3) is 3.78. The van der Waals surface area contributed by atoms with Gasteiger partial charge >= 0.3 is 5.97 Å². The Labute approximate surface area is 136 Å². The van der Waals surface area contributed by atoms with Crippen molar-refractivity contribution >= 4 is 27.8 Å². The molecule has 120 valence electrons. The SMILES string of the molecule is COc1ccc(C(C)NC(=O)[C@@H]2CC[C@H](C(=O)O)O2)cc1Br. The van der Waals surface area contributed by atoms with Crippen LogP contribution in [-0.4, -0.2) is 36.3 Å². The fourth-order valence-corrected chi connectivity index (χ4v) is 2.91. The van der Waals surface area contributed by atoms with Gasteiger partial charge in [0.15, 0.2) is 6.10 Å². The normalized spacial score (nSPS) is 22.1. The lowest BCUT2D eigenvalue weighted by Gasteiger charge is -2.18. The smallest absolute Gasteiger partial charge is 0.332 e. The van der Waals surface area contributed by atoms with Crippen LogP contribution in [0.15, 0.2) is 22.7 Å². The number of carbonyl (C=O) groups excluding carboxylic acids is 1. The zero-order chi connectivity index (χ0) is 16.3. The molecule has 7 heteroatoms. The van der Waals surface area contributed by atoms with Gasteiger partial charge in [0.2, 0.25) is 5.91 Å². The van der Waals surface area contributed by atoms with Gasteiger partial charge in [-0.1, -0.05) is 6.07 Å². The number of amides is 1. The molecule has 1 aliphatic heterocycles. The molecule has 6 nitrogen and oxygen atoms in total. The Morgan fingerprint density at radius 2 is 2.09 bits per heavy atom. The predicted molar refractivity (Wildman–Crippen MR) is 82.8 cm³/mol. The number of carbonyl (C=O) groups is 2. The highest BCUT2D eigenvalue weighted by Gasteiger charge is 2.35. The summed E-state index contributed by atoms with van der Waals surface area (Å²) in [6.45, 7) is 1.86. The monoisotopic (exact) mass is 371 g/mol. The summed E-state index contributed by atoms with van der Waals surface area (Å²) in [6, 6.07) is 5.33. The molecule has 1 amide bonds. The molecule has 1 aromatic rings. The summed E-state index contributed by atoms with van der Waals surface area (Å²) in [4.78, 5) is 23.0. The van der Waals surface area contributed by atoms with Crippen LogP contribution < -0.4 is 10.1 Å².